The fourth-order valence-corrected chi connectivity index (χ4v) is 5.11. The molecule has 0 spiro atoms. The van der Waals surface area contributed by atoms with Gasteiger partial charge in [0.25, 0.3) is 11.1 Å². The Morgan fingerprint density at radius 1 is 1.30 bits per heavy atom. The Morgan fingerprint density at radius 2 is 2.00 bits per heavy atom. The SMILES string of the molecule is CCOc1c(I)cc(I)cc1/C=C1/SC(=O)N(CC(=O)O[C@H](C)CC)C1=O. The van der Waals surface area contributed by atoms with Gasteiger partial charge in [0.2, 0.25) is 0 Å². The predicted molar refractivity (Wildman–Crippen MR) is 122 cm³/mol. The lowest BCUT2D eigenvalue weighted by atomic mass is 10.2. The predicted octanol–water partition coefficient (Wildman–Crippen LogP) is 4.67. The van der Waals surface area contributed by atoms with Crippen molar-refractivity contribution in [3.05, 3.63) is 29.7 Å². The van der Waals surface area contributed by atoms with Crippen molar-refractivity contribution >= 4 is 80.1 Å². The third-order valence-corrected chi connectivity index (χ3v) is 6.01. The number of imide groups is 1. The highest BCUT2D eigenvalue weighted by Gasteiger charge is 2.37. The van der Waals surface area contributed by atoms with E-state index in [2.05, 4.69) is 45.2 Å². The summed E-state index contributed by atoms with van der Waals surface area (Å²) in [5.74, 6) is -0.421. The molecular weight excluding hydrogens is 596 g/mol. The van der Waals surface area contributed by atoms with Crippen LogP contribution in [0, 0.1) is 7.14 Å². The van der Waals surface area contributed by atoms with Gasteiger partial charge in [0.15, 0.2) is 0 Å². The van der Waals surface area contributed by atoms with Gasteiger partial charge in [0, 0.05) is 9.13 Å². The van der Waals surface area contributed by atoms with Crippen molar-refractivity contribution in [3.63, 3.8) is 0 Å². The highest BCUT2D eigenvalue weighted by molar-refractivity contribution is 14.1. The summed E-state index contributed by atoms with van der Waals surface area (Å²) in [6.07, 6.45) is 2.05. The lowest BCUT2D eigenvalue weighted by Crippen LogP contribution is -2.35. The second kappa shape index (κ2) is 10.1. The van der Waals surface area contributed by atoms with Gasteiger partial charge >= 0.3 is 5.97 Å². The van der Waals surface area contributed by atoms with E-state index in [-0.39, 0.29) is 17.6 Å². The number of hydrogen-bond donors (Lipinski definition) is 0. The average molecular weight is 615 g/mol. The van der Waals surface area contributed by atoms with E-state index in [0.29, 0.717) is 18.8 Å². The van der Waals surface area contributed by atoms with Gasteiger partial charge in [-0.3, -0.25) is 19.3 Å². The van der Waals surface area contributed by atoms with Crippen molar-refractivity contribution in [2.24, 2.45) is 0 Å². The standard InChI is InChI=1S/C18H19I2NO5S/c1-4-10(3)26-15(22)9-21-17(23)14(27-18(21)24)7-11-6-12(19)8-13(20)16(11)25-5-2/h6-8,10H,4-5,9H2,1-3H3/b14-7+/t10-/m1/s1. The third-order valence-electron chi connectivity index (χ3n) is 3.68. The smallest absolute Gasteiger partial charge is 0.326 e. The van der Waals surface area contributed by atoms with Crippen molar-refractivity contribution in [3.8, 4) is 5.75 Å². The second-order valence-corrected chi connectivity index (χ2v) is 9.12. The zero-order chi connectivity index (χ0) is 20.1. The molecule has 146 valence electrons. The molecule has 1 fully saturated rings. The number of amides is 2. The summed E-state index contributed by atoms with van der Waals surface area (Å²) in [6.45, 7) is 5.64. The molecule has 0 unspecified atom stereocenters. The number of carbonyl (C=O) groups is 3. The van der Waals surface area contributed by atoms with Gasteiger partial charge in [0.1, 0.15) is 12.3 Å². The van der Waals surface area contributed by atoms with E-state index < -0.39 is 17.1 Å². The molecule has 6 nitrogen and oxygen atoms in total. The van der Waals surface area contributed by atoms with Crippen LogP contribution in [0.5, 0.6) is 5.75 Å². The number of halogens is 2. The number of esters is 1. The Balaban J connectivity index is 2.25. The van der Waals surface area contributed by atoms with E-state index in [4.69, 9.17) is 9.47 Å². The summed E-state index contributed by atoms with van der Waals surface area (Å²) < 4.78 is 12.8. The molecule has 0 aromatic heterocycles. The first-order valence-corrected chi connectivity index (χ1v) is 11.3. The van der Waals surface area contributed by atoms with Crippen LogP contribution < -0.4 is 4.74 Å². The van der Waals surface area contributed by atoms with Crippen molar-refractivity contribution in [2.75, 3.05) is 13.2 Å². The molecule has 2 amide bonds. The lowest BCUT2D eigenvalue weighted by molar-refractivity contribution is -0.150. The van der Waals surface area contributed by atoms with E-state index in [1.165, 1.54) is 0 Å². The minimum atomic E-state index is -0.591. The third kappa shape index (κ3) is 5.83. The highest BCUT2D eigenvalue weighted by Crippen LogP contribution is 2.36. The van der Waals surface area contributed by atoms with E-state index in [1.807, 2.05) is 26.0 Å². The summed E-state index contributed by atoms with van der Waals surface area (Å²) >= 11 is 5.18. The summed E-state index contributed by atoms with van der Waals surface area (Å²) in [5.41, 5.74) is 0.723. The van der Waals surface area contributed by atoms with Gasteiger partial charge < -0.3 is 9.47 Å². The average Bonchev–Trinajstić information content (AvgIpc) is 2.85. The maximum absolute atomic E-state index is 12.6. The molecule has 0 aliphatic carbocycles. The molecule has 0 N–H and O–H groups in total. The molecule has 1 aliphatic heterocycles. The Kier molecular flexibility index (Phi) is 8.40. The zero-order valence-electron chi connectivity index (χ0n) is 15.1. The Morgan fingerprint density at radius 3 is 2.63 bits per heavy atom. The largest absolute Gasteiger partial charge is 0.492 e. The summed E-state index contributed by atoms with van der Waals surface area (Å²) in [6, 6.07) is 3.86. The first-order chi connectivity index (χ1) is 12.8. The van der Waals surface area contributed by atoms with Crippen LogP contribution >= 0.6 is 56.9 Å². The van der Waals surface area contributed by atoms with Gasteiger partial charge in [-0.2, -0.15) is 0 Å². The first kappa shape index (κ1) is 22.5. The van der Waals surface area contributed by atoms with E-state index in [0.717, 1.165) is 29.4 Å². The summed E-state index contributed by atoms with van der Waals surface area (Å²) in [5, 5.41) is -0.481. The number of hydrogen-bond acceptors (Lipinski definition) is 6. The van der Waals surface area contributed by atoms with Gasteiger partial charge in [-0.05, 0) is 95.4 Å². The topological polar surface area (TPSA) is 72.9 Å². The number of ether oxygens (including phenoxy) is 2. The van der Waals surface area contributed by atoms with E-state index in [9.17, 15) is 14.4 Å². The quantitative estimate of drug-likeness (QED) is 0.253. The molecule has 27 heavy (non-hydrogen) atoms. The number of carbonyl (C=O) groups excluding carboxylic acids is 3. The molecule has 1 atom stereocenters. The molecule has 1 heterocycles. The fourth-order valence-electron chi connectivity index (χ4n) is 2.24. The van der Waals surface area contributed by atoms with Crippen LogP contribution in [0.15, 0.2) is 17.0 Å². The molecule has 0 radical (unpaired) electrons. The van der Waals surface area contributed by atoms with Crippen molar-refractivity contribution < 1.29 is 23.9 Å². The normalized spacial score (nSPS) is 16.8. The first-order valence-electron chi connectivity index (χ1n) is 8.33. The summed E-state index contributed by atoms with van der Waals surface area (Å²) in [7, 11) is 0. The fraction of sp³-hybridized carbons (Fsp3) is 0.389. The molecular formula is C18H19I2NO5S. The van der Waals surface area contributed by atoms with Crippen LogP contribution in [-0.2, 0) is 14.3 Å². The maximum Gasteiger partial charge on any atom is 0.326 e. The van der Waals surface area contributed by atoms with Crippen LogP contribution in [0.4, 0.5) is 4.79 Å². The highest BCUT2D eigenvalue weighted by atomic mass is 127. The van der Waals surface area contributed by atoms with Crippen molar-refractivity contribution in [1.82, 2.24) is 4.90 Å². The number of rotatable bonds is 7. The molecule has 9 heteroatoms. The van der Waals surface area contributed by atoms with Gasteiger partial charge in [-0.15, -0.1) is 0 Å². The molecule has 1 saturated heterocycles. The minimum Gasteiger partial charge on any atom is -0.492 e. The second-order valence-electron chi connectivity index (χ2n) is 5.72. The van der Waals surface area contributed by atoms with Gasteiger partial charge in [-0.25, -0.2) is 0 Å². The van der Waals surface area contributed by atoms with Crippen LogP contribution in [0.2, 0.25) is 0 Å². The monoisotopic (exact) mass is 615 g/mol. The minimum absolute atomic E-state index is 0.254. The zero-order valence-corrected chi connectivity index (χ0v) is 20.2. The van der Waals surface area contributed by atoms with E-state index in [1.54, 1.807) is 13.0 Å². The number of nitrogens with zero attached hydrogens (tertiary/aromatic N) is 1. The van der Waals surface area contributed by atoms with Crippen molar-refractivity contribution in [1.29, 1.82) is 0 Å². The maximum atomic E-state index is 12.6. The van der Waals surface area contributed by atoms with E-state index >= 15 is 0 Å². The van der Waals surface area contributed by atoms with Crippen molar-refractivity contribution in [2.45, 2.75) is 33.3 Å². The molecule has 0 bridgehead atoms. The lowest BCUT2D eigenvalue weighted by Gasteiger charge is -2.15. The molecule has 1 aromatic carbocycles. The number of benzene rings is 1. The van der Waals surface area contributed by atoms with Crippen LogP contribution in [0.3, 0.4) is 0 Å². The van der Waals surface area contributed by atoms with Gasteiger partial charge in [-0.1, -0.05) is 6.92 Å². The molecule has 0 saturated carbocycles. The Hall–Kier alpha value is -0.820. The van der Waals surface area contributed by atoms with Crippen LogP contribution in [0.1, 0.15) is 32.8 Å². The Bertz CT molecular complexity index is 796. The molecule has 2 rings (SSSR count). The summed E-state index contributed by atoms with van der Waals surface area (Å²) in [4.78, 5) is 37.9. The van der Waals surface area contributed by atoms with Crippen LogP contribution in [-0.4, -0.2) is 41.3 Å². The number of thioether (sulfide) groups is 1. The Labute approximate surface area is 189 Å². The molecule has 1 aromatic rings. The van der Waals surface area contributed by atoms with Gasteiger partial charge in [0.05, 0.1) is 21.2 Å². The molecule has 1 aliphatic rings. The van der Waals surface area contributed by atoms with Crippen LogP contribution in [0.25, 0.3) is 6.08 Å².